The molecule has 2 rings (SSSR count). The maximum Gasteiger partial charge on any atom is 0.0494 e. The molecular formula is C14H27NO. The molecule has 0 amide bonds. The Labute approximate surface area is 100 Å². The number of nitrogens with one attached hydrogen (secondary N) is 1. The lowest BCUT2D eigenvalue weighted by molar-refractivity contribution is 0.0980. The maximum atomic E-state index is 5.74. The summed E-state index contributed by atoms with van der Waals surface area (Å²) in [6.07, 6.45) is 12.4. The maximum absolute atomic E-state index is 5.74. The van der Waals surface area contributed by atoms with E-state index in [-0.39, 0.29) is 0 Å². The van der Waals surface area contributed by atoms with Crippen LogP contribution in [0.15, 0.2) is 0 Å². The quantitative estimate of drug-likeness (QED) is 0.609. The Kier molecular flexibility index (Phi) is 5.64. The van der Waals surface area contributed by atoms with Gasteiger partial charge in [-0.3, -0.25) is 0 Å². The Morgan fingerprint density at radius 2 is 1.75 bits per heavy atom. The Morgan fingerprint density at radius 3 is 2.50 bits per heavy atom. The standard InChI is InChI=1S/C14H27NO/c1(4-10-15-14-8-9-14)5-11-16-12-13-6-2-3-7-13/h13-15H,1-12H2. The molecule has 0 bridgehead atoms. The van der Waals surface area contributed by atoms with Crippen molar-refractivity contribution in [3.63, 3.8) is 0 Å². The molecule has 2 aliphatic rings. The lowest BCUT2D eigenvalue weighted by Gasteiger charge is -2.09. The SMILES string of the molecule is C(CCNC1CC1)CCOCC1CCCC1. The Bertz CT molecular complexity index is 174. The van der Waals surface area contributed by atoms with Crippen LogP contribution in [-0.2, 0) is 4.74 Å². The lowest BCUT2D eigenvalue weighted by Crippen LogP contribution is -2.17. The van der Waals surface area contributed by atoms with Crippen molar-refractivity contribution in [3.8, 4) is 0 Å². The molecule has 2 aliphatic carbocycles. The third-order valence-corrected chi connectivity index (χ3v) is 3.80. The molecule has 0 aromatic heterocycles. The lowest BCUT2D eigenvalue weighted by atomic mass is 10.1. The number of rotatable bonds is 9. The first-order chi connectivity index (χ1) is 7.95. The van der Waals surface area contributed by atoms with Crippen molar-refractivity contribution in [2.45, 2.75) is 63.8 Å². The zero-order chi connectivity index (χ0) is 11.1. The fraction of sp³-hybridized carbons (Fsp3) is 1.00. The van der Waals surface area contributed by atoms with Gasteiger partial charge in [-0.1, -0.05) is 12.8 Å². The van der Waals surface area contributed by atoms with Crippen LogP contribution in [0.25, 0.3) is 0 Å². The van der Waals surface area contributed by atoms with Gasteiger partial charge in [-0.2, -0.15) is 0 Å². The Morgan fingerprint density at radius 1 is 0.938 bits per heavy atom. The number of unbranched alkanes of at least 4 members (excludes halogenated alkanes) is 2. The summed E-state index contributed by atoms with van der Waals surface area (Å²) >= 11 is 0. The second-order valence-corrected chi connectivity index (χ2v) is 5.51. The van der Waals surface area contributed by atoms with Gasteiger partial charge >= 0.3 is 0 Å². The monoisotopic (exact) mass is 225 g/mol. The predicted molar refractivity (Wildman–Crippen MR) is 67.7 cm³/mol. The normalized spacial score (nSPS) is 21.8. The summed E-state index contributed by atoms with van der Waals surface area (Å²) in [5.41, 5.74) is 0. The first-order valence-electron chi connectivity index (χ1n) is 7.26. The van der Waals surface area contributed by atoms with Crippen LogP contribution in [0, 0.1) is 5.92 Å². The average molecular weight is 225 g/mol. The number of hydrogen-bond acceptors (Lipinski definition) is 2. The molecule has 0 spiro atoms. The highest BCUT2D eigenvalue weighted by atomic mass is 16.5. The summed E-state index contributed by atoms with van der Waals surface area (Å²) in [5.74, 6) is 0.886. The minimum Gasteiger partial charge on any atom is -0.381 e. The van der Waals surface area contributed by atoms with Gasteiger partial charge in [0.2, 0.25) is 0 Å². The van der Waals surface area contributed by atoms with E-state index >= 15 is 0 Å². The van der Waals surface area contributed by atoms with Crippen molar-refractivity contribution in [2.24, 2.45) is 5.92 Å². The van der Waals surface area contributed by atoms with E-state index in [9.17, 15) is 0 Å². The second-order valence-electron chi connectivity index (χ2n) is 5.51. The van der Waals surface area contributed by atoms with Gasteiger partial charge in [0.25, 0.3) is 0 Å². The van der Waals surface area contributed by atoms with E-state index in [0.29, 0.717) is 0 Å². The minimum absolute atomic E-state index is 0.874. The van der Waals surface area contributed by atoms with E-state index in [1.165, 1.54) is 64.3 Å². The molecule has 0 radical (unpaired) electrons. The Balaban J connectivity index is 1.29. The molecular weight excluding hydrogens is 198 g/mol. The average Bonchev–Trinajstić information content (AvgIpc) is 2.97. The first kappa shape index (κ1) is 12.4. The number of ether oxygens (including phenoxy) is 1. The summed E-state index contributed by atoms with van der Waals surface area (Å²) in [5, 5.41) is 3.55. The molecule has 2 fully saturated rings. The van der Waals surface area contributed by atoms with Crippen molar-refractivity contribution in [3.05, 3.63) is 0 Å². The molecule has 2 heteroatoms. The van der Waals surface area contributed by atoms with Crippen LogP contribution in [0.4, 0.5) is 0 Å². The number of hydrogen-bond donors (Lipinski definition) is 1. The summed E-state index contributed by atoms with van der Waals surface area (Å²) in [6.45, 7) is 3.23. The van der Waals surface area contributed by atoms with Gasteiger partial charge in [0.15, 0.2) is 0 Å². The van der Waals surface area contributed by atoms with E-state index in [1.54, 1.807) is 0 Å². The van der Waals surface area contributed by atoms with E-state index < -0.39 is 0 Å². The van der Waals surface area contributed by atoms with Crippen LogP contribution in [0.2, 0.25) is 0 Å². The van der Waals surface area contributed by atoms with Crippen LogP contribution in [0.1, 0.15) is 57.8 Å². The summed E-state index contributed by atoms with van der Waals surface area (Å²) in [7, 11) is 0. The molecule has 0 unspecified atom stereocenters. The van der Waals surface area contributed by atoms with Crippen molar-refractivity contribution in [2.75, 3.05) is 19.8 Å². The third-order valence-electron chi connectivity index (χ3n) is 3.80. The molecule has 0 aromatic rings. The van der Waals surface area contributed by atoms with Gasteiger partial charge in [-0.05, 0) is 57.4 Å². The van der Waals surface area contributed by atoms with Gasteiger partial charge in [-0.15, -0.1) is 0 Å². The summed E-state index contributed by atoms with van der Waals surface area (Å²) < 4.78 is 5.74. The third kappa shape index (κ3) is 5.31. The molecule has 0 heterocycles. The highest BCUT2D eigenvalue weighted by molar-refractivity contribution is 4.80. The van der Waals surface area contributed by atoms with Crippen molar-refractivity contribution >= 4 is 0 Å². The van der Waals surface area contributed by atoms with E-state index in [0.717, 1.165) is 25.2 Å². The van der Waals surface area contributed by atoms with Crippen LogP contribution in [0.3, 0.4) is 0 Å². The van der Waals surface area contributed by atoms with E-state index in [2.05, 4.69) is 5.32 Å². The molecule has 0 atom stereocenters. The smallest absolute Gasteiger partial charge is 0.0494 e. The zero-order valence-electron chi connectivity index (χ0n) is 10.5. The van der Waals surface area contributed by atoms with Gasteiger partial charge in [0, 0.05) is 19.3 Å². The van der Waals surface area contributed by atoms with Crippen molar-refractivity contribution < 1.29 is 4.74 Å². The predicted octanol–water partition coefficient (Wildman–Crippen LogP) is 3.12. The zero-order valence-corrected chi connectivity index (χ0v) is 10.5. The molecule has 94 valence electrons. The van der Waals surface area contributed by atoms with Gasteiger partial charge in [0.1, 0.15) is 0 Å². The highest BCUT2D eigenvalue weighted by Crippen LogP contribution is 2.24. The highest BCUT2D eigenvalue weighted by Gasteiger charge is 2.19. The minimum atomic E-state index is 0.874. The van der Waals surface area contributed by atoms with E-state index in [1.807, 2.05) is 0 Å². The van der Waals surface area contributed by atoms with Crippen molar-refractivity contribution in [1.82, 2.24) is 5.32 Å². The molecule has 16 heavy (non-hydrogen) atoms. The summed E-state index contributed by atoms with van der Waals surface area (Å²) in [4.78, 5) is 0. The first-order valence-corrected chi connectivity index (χ1v) is 7.26. The topological polar surface area (TPSA) is 21.3 Å². The largest absolute Gasteiger partial charge is 0.381 e. The summed E-state index contributed by atoms with van der Waals surface area (Å²) in [6, 6.07) is 0.874. The fourth-order valence-electron chi connectivity index (χ4n) is 2.53. The van der Waals surface area contributed by atoms with E-state index in [4.69, 9.17) is 4.74 Å². The van der Waals surface area contributed by atoms with Gasteiger partial charge < -0.3 is 10.1 Å². The van der Waals surface area contributed by atoms with Crippen LogP contribution in [-0.4, -0.2) is 25.8 Å². The van der Waals surface area contributed by atoms with Crippen LogP contribution < -0.4 is 5.32 Å². The molecule has 2 nitrogen and oxygen atoms in total. The molecule has 0 saturated heterocycles. The Hall–Kier alpha value is -0.0800. The molecule has 0 aromatic carbocycles. The fourth-order valence-corrected chi connectivity index (χ4v) is 2.53. The van der Waals surface area contributed by atoms with Gasteiger partial charge in [-0.25, -0.2) is 0 Å². The molecule has 0 aliphatic heterocycles. The van der Waals surface area contributed by atoms with Crippen molar-refractivity contribution in [1.29, 1.82) is 0 Å². The molecule has 2 saturated carbocycles. The second kappa shape index (κ2) is 7.29. The molecule has 1 N–H and O–H groups in total. The van der Waals surface area contributed by atoms with Gasteiger partial charge in [0.05, 0.1) is 0 Å². The van der Waals surface area contributed by atoms with Crippen LogP contribution >= 0.6 is 0 Å². The van der Waals surface area contributed by atoms with Crippen LogP contribution in [0.5, 0.6) is 0 Å².